The minimum atomic E-state index is -3.11. The number of carbonyl (C=O) groups excluding carboxylic acids is 2. The number of nitrogens with zero attached hydrogens (tertiary/aromatic N) is 1. The molecule has 1 heterocycles. The molecule has 1 aliphatic heterocycles. The lowest BCUT2D eigenvalue weighted by Crippen LogP contribution is -2.44. The molecule has 6 nitrogen and oxygen atoms in total. The van der Waals surface area contributed by atoms with Gasteiger partial charge in [0.2, 0.25) is 0 Å². The SMILES string of the molecule is CCN(C(=O)COC(=O)C1(c2ccc(F)cc2)CCCC1)C1CCS(=O)(=O)C1. The molecule has 2 aliphatic rings. The molecule has 1 unspecified atom stereocenters. The van der Waals surface area contributed by atoms with Gasteiger partial charge in [-0.05, 0) is 43.9 Å². The maximum Gasteiger partial charge on any atom is 0.317 e. The number of sulfone groups is 1. The van der Waals surface area contributed by atoms with Crippen LogP contribution < -0.4 is 0 Å². The fourth-order valence-electron chi connectivity index (χ4n) is 4.37. The predicted octanol–water partition coefficient (Wildman–Crippen LogP) is 2.22. The van der Waals surface area contributed by atoms with E-state index in [-0.39, 0.29) is 29.3 Å². The minimum Gasteiger partial charge on any atom is -0.455 e. The Kier molecular flexibility index (Phi) is 6.07. The van der Waals surface area contributed by atoms with E-state index in [1.807, 2.05) is 0 Å². The fourth-order valence-corrected chi connectivity index (χ4v) is 6.10. The highest BCUT2D eigenvalue weighted by Gasteiger charge is 2.44. The molecule has 1 aromatic rings. The summed E-state index contributed by atoms with van der Waals surface area (Å²) >= 11 is 0. The van der Waals surface area contributed by atoms with Crippen LogP contribution in [0.5, 0.6) is 0 Å². The molecule has 1 saturated carbocycles. The summed E-state index contributed by atoms with van der Waals surface area (Å²) in [4.78, 5) is 27.0. The van der Waals surface area contributed by atoms with Crippen molar-refractivity contribution in [2.24, 2.45) is 0 Å². The zero-order valence-electron chi connectivity index (χ0n) is 16.0. The fraction of sp³-hybridized carbons (Fsp3) is 0.600. The number of carbonyl (C=O) groups is 2. The summed E-state index contributed by atoms with van der Waals surface area (Å²) in [7, 11) is -3.11. The van der Waals surface area contributed by atoms with E-state index in [1.165, 1.54) is 17.0 Å². The minimum absolute atomic E-state index is 0.0416. The summed E-state index contributed by atoms with van der Waals surface area (Å²) in [5, 5.41) is 0. The molecule has 1 aliphatic carbocycles. The van der Waals surface area contributed by atoms with Gasteiger partial charge in [-0.15, -0.1) is 0 Å². The van der Waals surface area contributed by atoms with Crippen molar-refractivity contribution in [1.82, 2.24) is 4.90 Å². The lowest BCUT2D eigenvalue weighted by molar-refractivity contribution is -0.157. The third-order valence-electron chi connectivity index (χ3n) is 5.88. The Morgan fingerprint density at radius 2 is 1.86 bits per heavy atom. The smallest absolute Gasteiger partial charge is 0.317 e. The van der Waals surface area contributed by atoms with Crippen LogP contribution in [0.15, 0.2) is 24.3 Å². The van der Waals surface area contributed by atoms with Gasteiger partial charge < -0.3 is 9.64 Å². The second-order valence-electron chi connectivity index (χ2n) is 7.61. The normalized spacial score (nSPS) is 22.7. The lowest BCUT2D eigenvalue weighted by atomic mass is 9.79. The van der Waals surface area contributed by atoms with Crippen LogP contribution in [0.1, 0.15) is 44.6 Å². The van der Waals surface area contributed by atoms with E-state index >= 15 is 0 Å². The van der Waals surface area contributed by atoms with E-state index in [2.05, 4.69) is 0 Å². The molecular formula is C20H26FNO5S. The van der Waals surface area contributed by atoms with Crippen LogP contribution in [0.2, 0.25) is 0 Å². The summed E-state index contributed by atoms with van der Waals surface area (Å²) < 4.78 is 42.1. The van der Waals surface area contributed by atoms with Gasteiger partial charge >= 0.3 is 5.97 Å². The van der Waals surface area contributed by atoms with Gasteiger partial charge in [0.1, 0.15) is 5.82 Å². The van der Waals surface area contributed by atoms with Gasteiger partial charge in [0.05, 0.1) is 16.9 Å². The molecule has 28 heavy (non-hydrogen) atoms. The largest absolute Gasteiger partial charge is 0.455 e. The molecule has 154 valence electrons. The van der Waals surface area contributed by atoms with Gasteiger partial charge in [0.15, 0.2) is 16.4 Å². The van der Waals surface area contributed by atoms with Crippen molar-refractivity contribution in [2.45, 2.75) is 50.5 Å². The summed E-state index contributed by atoms with van der Waals surface area (Å²) in [5.41, 5.74) is -0.139. The average Bonchev–Trinajstić information content (AvgIpc) is 3.28. The van der Waals surface area contributed by atoms with Crippen molar-refractivity contribution in [1.29, 1.82) is 0 Å². The summed E-state index contributed by atoms with van der Waals surface area (Å²) in [5.74, 6) is -1.19. The zero-order chi connectivity index (χ0) is 20.4. The predicted molar refractivity (Wildman–Crippen MR) is 102 cm³/mol. The van der Waals surface area contributed by atoms with E-state index < -0.39 is 27.8 Å². The Morgan fingerprint density at radius 1 is 1.21 bits per heavy atom. The first-order valence-corrected chi connectivity index (χ1v) is 11.5. The molecule has 2 fully saturated rings. The molecule has 3 rings (SSSR count). The number of halogens is 1. The third-order valence-corrected chi connectivity index (χ3v) is 7.63. The van der Waals surface area contributed by atoms with Gasteiger partial charge in [-0.3, -0.25) is 9.59 Å². The summed E-state index contributed by atoms with van der Waals surface area (Å²) in [6.45, 7) is 1.73. The molecule has 0 bridgehead atoms. The quantitative estimate of drug-likeness (QED) is 0.671. The monoisotopic (exact) mass is 411 g/mol. The first-order valence-electron chi connectivity index (χ1n) is 9.70. The number of benzene rings is 1. The highest BCUT2D eigenvalue weighted by atomic mass is 32.2. The molecule has 1 amide bonds. The second kappa shape index (κ2) is 8.19. The van der Waals surface area contributed by atoms with Crippen molar-refractivity contribution in [2.75, 3.05) is 24.7 Å². The number of ether oxygens (including phenoxy) is 1. The third kappa shape index (κ3) is 4.21. The van der Waals surface area contributed by atoms with E-state index in [0.717, 1.165) is 12.8 Å². The maximum atomic E-state index is 13.3. The highest BCUT2D eigenvalue weighted by Crippen LogP contribution is 2.42. The Hall–Kier alpha value is -1.96. The molecule has 0 spiro atoms. The van der Waals surface area contributed by atoms with Crippen LogP contribution in [-0.2, 0) is 29.6 Å². The molecule has 0 N–H and O–H groups in total. The topological polar surface area (TPSA) is 80.8 Å². The number of esters is 1. The van der Waals surface area contributed by atoms with E-state index in [4.69, 9.17) is 4.74 Å². The number of rotatable bonds is 6. The van der Waals surface area contributed by atoms with Crippen molar-refractivity contribution in [3.05, 3.63) is 35.6 Å². The van der Waals surface area contributed by atoms with Crippen molar-refractivity contribution in [3.63, 3.8) is 0 Å². The molecule has 8 heteroatoms. The maximum absolute atomic E-state index is 13.3. The number of hydrogen-bond acceptors (Lipinski definition) is 5. The van der Waals surface area contributed by atoms with Gasteiger partial charge in [0, 0.05) is 12.6 Å². The standard InChI is InChI=1S/C20H26FNO5S/c1-2-22(17-9-12-28(25,26)14-17)18(23)13-27-19(24)20(10-3-4-11-20)15-5-7-16(21)8-6-15/h5-8,17H,2-4,9-14H2,1H3. The van der Waals surface area contributed by atoms with Crippen molar-refractivity contribution < 1.29 is 27.1 Å². The number of hydrogen-bond donors (Lipinski definition) is 0. The average molecular weight is 411 g/mol. The number of amides is 1. The second-order valence-corrected chi connectivity index (χ2v) is 9.84. The van der Waals surface area contributed by atoms with Crippen LogP contribution in [-0.4, -0.2) is 55.9 Å². The molecule has 1 atom stereocenters. The zero-order valence-corrected chi connectivity index (χ0v) is 16.8. The summed E-state index contributed by atoms with van der Waals surface area (Å²) in [6.07, 6.45) is 3.34. The first kappa shape index (κ1) is 20.8. The molecule has 0 radical (unpaired) electrons. The van der Waals surface area contributed by atoms with E-state index in [0.29, 0.717) is 31.4 Å². The van der Waals surface area contributed by atoms with Crippen LogP contribution in [0.25, 0.3) is 0 Å². The van der Waals surface area contributed by atoms with Gasteiger partial charge in [-0.2, -0.15) is 0 Å². The molecular weight excluding hydrogens is 385 g/mol. The van der Waals surface area contributed by atoms with Crippen LogP contribution >= 0.6 is 0 Å². The van der Waals surface area contributed by atoms with Gasteiger partial charge in [0.25, 0.3) is 5.91 Å². The highest BCUT2D eigenvalue weighted by molar-refractivity contribution is 7.91. The Bertz CT molecular complexity index is 831. The molecule has 0 aromatic heterocycles. The van der Waals surface area contributed by atoms with E-state index in [9.17, 15) is 22.4 Å². The Balaban J connectivity index is 1.67. The van der Waals surface area contributed by atoms with Gasteiger partial charge in [-0.1, -0.05) is 25.0 Å². The van der Waals surface area contributed by atoms with Gasteiger partial charge in [-0.25, -0.2) is 12.8 Å². The summed E-state index contributed by atoms with van der Waals surface area (Å²) in [6, 6.07) is 5.50. The first-order chi connectivity index (χ1) is 13.3. The van der Waals surface area contributed by atoms with Crippen LogP contribution in [0, 0.1) is 5.82 Å². The molecule has 1 aromatic carbocycles. The number of likely N-dealkylation sites (N-methyl/N-ethyl adjacent to an activating group) is 1. The van der Waals surface area contributed by atoms with Crippen molar-refractivity contribution >= 4 is 21.7 Å². The Morgan fingerprint density at radius 3 is 2.39 bits per heavy atom. The van der Waals surface area contributed by atoms with Crippen LogP contribution in [0.4, 0.5) is 4.39 Å². The van der Waals surface area contributed by atoms with Crippen LogP contribution in [0.3, 0.4) is 0 Å². The Labute approximate surface area is 165 Å². The lowest BCUT2D eigenvalue weighted by Gasteiger charge is -2.29. The van der Waals surface area contributed by atoms with E-state index in [1.54, 1.807) is 19.1 Å². The van der Waals surface area contributed by atoms with Crippen molar-refractivity contribution in [3.8, 4) is 0 Å². The molecule has 1 saturated heterocycles.